The van der Waals surface area contributed by atoms with Crippen molar-refractivity contribution in [1.82, 2.24) is 19.5 Å². The number of sulfonamides is 1. The van der Waals surface area contributed by atoms with E-state index in [4.69, 9.17) is 4.74 Å². The van der Waals surface area contributed by atoms with Crippen LogP contribution < -0.4 is 9.46 Å². The van der Waals surface area contributed by atoms with Gasteiger partial charge in [0.1, 0.15) is 28.4 Å². The summed E-state index contributed by atoms with van der Waals surface area (Å²) in [6, 6.07) is 11.8. The Balaban J connectivity index is 1.48. The monoisotopic (exact) mass is 455 g/mol. The fraction of sp³-hybridized carbons (Fsp3) is 0.190. The average molecular weight is 456 g/mol. The molecule has 0 unspecified atom stereocenters. The summed E-state index contributed by atoms with van der Waals surface area (Å²) in [5, 5.41) is 0. The molecule has 0 aliphatic heterocycles. The summed E-state index contributed by atoms with van der Waals surface area (Å²) in [5.41, 5.74) is 2.36. The molecule has 3 aromatic heterocycles. The van der Waals surface area contributed by atoms with Gasteiger partial charge in [0.25, 0.3) is 10.0 Å². The van der Waals surface area contributed by atoms with Crippen LogP contribution in [0.3, 0.4) is 0 Å². The van der Waals surface area contributed by atoms with Gasteiger partial charge in [0.05, 0.1) is 5.69 Å². The number of rotatable bonds is 7. The second-order valence-corrected chi connectivity index (χ2v) is 9.88. The highest BCUT2D eigenvalue weighted by atomic mass is 32.2. The maximum atomic E-state index is 12.6. The zero-order chi connectivity index (χ0) is 22.0. The van der Waals surface area contributed by atoms with Gasteiger partial charge in [-0.2, -0.15) is 0 Å². The number of hydrogen-bond acceptors (Lipinski definition) is 7. The summed E-state index contributed by atoms with van der Waals surface area (Å²) in [7, 11) is -3.61. The molecule has 0 bridgehead atoms. The van der Waals surface area contributed by atoms with Gasteiger partial charge in [-0.1, -0.05) is 6.92 Å². The van der Waals surface area contributed by atoms with Gasteiger partial charge in [0, 0.05) is 22.3 Å². The first kappa shape index (κ1) is 21.0. The summed E-state index contributed by atoms with van der Waals surface area (Å²) in [6.07, 6.45) is 3.93. The number of ether oxygens (including phenoxy) is 1. The van der Waals surface area contributed by atoms with E-state index in [0.717, 1.165) is 22.7 Å². The molecule has 31 heavy (non-hydrogen) atoms. The van der Waals surface area contributed by atoms with E-state index in [9.17, 15) is 8.42 Å². The maximum Gasteiger partial charge on any atom is 0.271 e. The molecule has 10 heteroatoms. The Kier molecular flexibility index (Phi) is 5.75. The van der Waals surface area contributed by atoms with E-state index in [2.05, 4.69) is 19.7 Å². The number of benzene rings is 1. The van der Waals surface area contributed by atoms with Crippen molar-refractivity contribution in [2.45, 2.75) is 31.4 Å². The standard InChI is InChI=1S/C21H21N5O3S2/c1-4-18-9-10-21(30-18)31(27,28)25-16-5-7-17(8-6-16)29-20-11-19(22-12-23-20)26-13-24-14(2)15(26)3/h5-13,25H,4H2,1-3H3. The van der Waals surface area contributed by atoms with Crippen LogP contribution in [0.15, 0.2) is 59.3 Å². The Morgan fingerprint density at radius 1 is 1.06 bits per heavy atom. The first-order valence-corrected chi connectivity index (χ1v) is 11.9. The number of aryl methyl sites for hydroxylation is 2. The molecule has 0 saturated carbocycles. The number of thiophene rings is 1. The lowest BCUT2D eigenvalue weighted by Gasteiger charge is -2.09. The Morgan fingerprint density at radius 2 is 1.84 bits per heavy atom. The Bertz CT molecular complexity index is 1310. The highest BCUT2D eigenvalue weighted by Gasteiger charge is 2.17. The van der Waals surface area contributed by atoms with Crippen LogP contribution in [0.5, 0.6) is 11.6 Å². The minimum absolute atomic E-state index is 0.295. The summed E-state index contributed by atoms with van der Waals surface area (Å²) < 4.78 is 35.7. The summed E-state index contributed by atoms with van der Waals surface area (Å²) in [4.78, 5) is 13.7. The molecule has 4 aromatic rings. The molecule has 0 spiro atoms. The molecule has 0 fully saturated rings. The molecule has 0 radical (unpaired) electrons. The fourth-order valence-electron chi connectivity index (χ4n) is 2.86. The van der Waals surface area contributed by atoms with Crippen LogP contribution in [0.1, 0.15) is 23.2 Å². The Hall–Kier alpha value is -3.24. The first-order chi connectivity index (χ1) is 14.9. The number of hydrogen-bond donors (Lipinski definition) is 1. The molecule has 4 rings (SSSR count). The predicted octanol–water partition coefficient (Wildman–Crippen LogP) is 4.50. The first-order valence-electron chi connectivity index (χ1n) is 9.58. The topological polar surface area (TPSA) is 99.0 Å². The number of nitrogens with zero attached hydrogens (tertiary/aromatic N) is 4. The predicted molar refractivity (Wildman–Crippen MR) is 120 cm³/mol. The second kappa shape index (κ2) is 8.48. The summed E-state index contributed by atoms with van der Waals surface area (Å²) in [6.45, 7) is 5.89. The molecule has 1 aromatic carbocycles. The zero-order valence-electron chi connectivity index (χ0n) is 17.2. The lowest BCUT2D eigenvalue weighted by atomic mass is 10.3. The number of nitrogens with one attached hydrogen (secondary N) is 1. The van der Waals surface area contributed by atoms with E-state index < -0.39 is 10.0 Å². The van der Waals surface area contributed by atoms with E-state index in [1.165, 1.54) is 17.7 Å². The fourth-order valence-corrected chi connectivity index (χ4v) is 5.21. The Morgan fingerprint density at radius 3 is 2.48 bits per heavy atom. The van der Waals surface area contributed by atoms with Crippen molar-refractivity contribution in [3.63, 3.8) is 0 Å². The molecule has 3 heterocycles. The van der Waals surface area contributed by atoms with Crippen molar-refractivity contribution in [1.29, 1.82) is 0 Å². The van der Waals surface area contributed by atoms with Gasteiger partial charge < -0.3 is 4.74 Å². The molecule has 0 atom stereocenters. The van der Waals surface area contributed by atoms with Crippen molar-refractivity contribution >= 4 is 27.0 Å². The number of anilines is 1. The minimum Gasteiger partial charge on any atom is -0.439 e. The van der Waals surface area contributed by atoms with Crippen molar-refractivity contribution in [3.05, 3.63) is 71.4 Å². The Labute approximate surface area is 184 Å². The van der Waals surface area contributed by atoms with Crippen LogP contribution in [0, 0.1) is 13.8 Å². The van der Waals surface area contributed by atoms with E-state index >= 15 is 0 Å². The van der Waals surface area contributed by atoms with Crippen LogP contribution in [-0.2, 0) is 16.4 Å². The molecule has 0 amide bonds. The van der Waals surface area contributed by atoms with Crippen molar-refractivity contribution in [3.8, 4) is 17.4 Å². The molecular weight excluding hydrogens is 434 g/mol. The summed E-state index contributed by atoms with van der Waals surface area (Å²) >= 11 is 1.27. The minimum atomic E-state index is -3.61. The average Bonchev–Trinajstić information content (AvgIpc) is 3.37. The molecule has 0 saturated heterocycles. The number of aromatic nitrogens is 4. The van der Waals surface area contributed by atoms with Crippen molar-refractivity contribution in [2.75, 3.05) is 4.72 Å². The summed E-state index contributed by atoms with van der Waals surface area (Å²) in [5.74, 6) is 1.54. The molecule has 8 nitrogen and oxygen atoms in total. The van der Waals surface area contributed by atoms with Gasteiger partial charge >= 0.3 is 0 Å². The normalized spacial score (nSPS) is 11.5. The van der Waals surface area contributed by atoms with Crippen LogP contribution in [0.4, 0.5) is 5.69 Å². The highest BCUT2D eigenvalue weighted by Crippen LogP contribution is 2.27. The van der Waals surface area contributed by atoms with Crippen LogP contribution in [-0.4, -0.2) is 27.9 Å². The van der Waals surface area contributed by atoms with Gasteiger partial charge in [0.2, 0.25) is 5.88 Å². The van der Waals surface area contributed by atoms with Gasteiger partial charge in [-0.15, -0.1) is 11.3 Å². The van der Waals surface area contributed by atoms with Gasteiger partial charge in [-0.25, -0.2) is 23.4 Å². The van der Waals surface area contributed by atoms with E-state index in [0.29, 0.717) is 27.3 Å². The highest BCUT2D eigenvalue weighted by molar-refractivity contribution is 7.94. The van der Waals surface area contributed by atoms with Crippen LogP contribution in [0.25, 0.3) is 5.82 Å². The van der Waals surface area contributed by atoms with Gasteiger partial charge in [-0.05, 0) is 56.7 Å². The molecule has 0 aliphatic carbocycles. The van der Waals surface area contributed by atoms with E-state index in [1.54, 1.807) is 42.7 Å². The lowest BCUT2D eigenvalue weighted by molar-refractivity contribution is 0.461. The molecule has 1 N–H and O–H groups in total. The van der Waals surface area contributed by atoms with Crippen LogP contribution >= 0.6 is 11.3 Å². The molecule has 160 valence electrons. The third-order valence-corrected chi connectivity index (χ3v) is 7.81. The third-order valence-electron chi connectivity index (χ3n) is 4.71. The largest absolute Gasteiger partial charge is 0.439 e. The third kappa shape index (κ3) is 4.59. The van der Waals surface area contributed by atoms with Gasteiger partial charge in [0.15, 0.2) is 0 Å². The molecular formula is C21H21N5O3S2. The molecule has 0 aliphatic rings. The van der Waals surface area contributed by atoms with E-state index in [-0.39, 0.29) is 0 Å². The van der Waals surface area contributed by atoms with E-state index in [1.807, 2.05) is 31.4 Å². The van der Waals surface area contributed by atoms with Crippen molar-refractivity contribution < 1.29 is 13.2 Å². The number of imidazole rings is 1. The smallest absolute Gasteiger partial charge is 0.271 e. The SMILES string of the molecule is CCc1ccc(S(=O)(=O)Nc2ccc(Oc3cc(-n4cnc(C)c4C)ncn3)cc2)s1. The van der Waals surface area contributed by atoms with Gasteiger partial charge in [-0.3, -0.25) is 9.29 Å². The zero-order valence-corrected chi connectivity index (χ0v) is 18.9. The lowest BCUT2D eigenvalue weighted by Crippen LogP contribution is -2.11. The quantitative estimate of drug-likeness (QED) is 0.441. The van der Waals surface area contributed by atoms with Crippen molar-refractivity contribution in [2.24, 2.45) is 0 Å². The van der Waals surface area contributed by atoms with Crippen LogP contribution in [0.2, 0.25) is 0 Å². The maximum absolute atomic E-state index is 12.6. The second-order valence-electron chi connectivity index (χ2n) is 6.81.